The van der Waals surface area contributed by atoms with Gasteiger partial charge in [0.15, 0.2) is 5.79 Å². The Kier molecular flexibility index (Phi) is 14.1. The highest BCUT2D eigenvalue weighted by atomic mass is 16.7. The maximum atomic E-state index is 12.4. The van der Waals surface area contributed by atoms with Crippen LogP contribution in [-0.4, -0.2) is 186 Å². The number of ether oxygens (including phenoxy) is 13. The van der Waals surface area contributed by atoms with Gasteiger partial charge in [-0.2, -0.15) is 0 Å². The summed E-state index contributed by atoms with van der Waals surface area (Å²) in [6, 6.07) is 0. The Morgan fingerprint density at radius 1 is 0.452 bits per heavy atom. The lowest BCUT2D eigenvalue weighted by atomic mass is 9.76. The monoisotopic (exact) mass is 1020 g/mol. The highest BCUT2D eigenvalue weighted by molar-refractivity contribution is 5.14. The zero-order chi connectivity index (χ0) is 49.9. The summed E-state index contributed by atoms with van der Waals surface area (Å²) in [6.07, 6.45) is 15.0. The molecule has 73 heavy (non-hydrogen) atoms. The summed E-state index contributed by atoms with van der Waals surface area (Å²) >= 11 is 0. The summed E-state index contributed by atoms with van der Waals surface area (Å²) < 4.78 is 89.0. The number of rotatable bonds is 0. The molecule has 13 aliphatic heterocycles. The second-order valence-corrected chi connectivity index (χ2v) is 24.6. The molecule has 406 valence electrons. The van der Waals surface area contributed by atoms with E-state index in [4.69, 9.17) is 61.6 Å². The lowest BCUT2D eigenvalue weighted by Gasteiger charge is -2.53. The van der Waals surface area contributed by atoms with Crippen molar-refractivity contribution in [2.45, 2.75) is 270 Å². The zero-order valence-corrected chi connectivity index (χ0v) is 43.3. The van der Waals surface area contributed by atoms with Crippen molar-refractivity contribution < 1.29 is 76.9 Å². The molecule has 9 saturated heterocycles. The Bertz CT molecular complexity index is 2080. The minimum atomic E-state index is -0.998. The second-order valence-electron chi connectivity index (χ2n) is 24.6. The van der Waals surface area contributed by atoms with Gasteiger partial charge in [-0.1, -0.05) is 76.3 Å². The molecule has 30 atom stereocenters. The molecule has 0 radical (unpaired) electrons. The molecule has 13 heterocycles. The first-order valence-electron chi connectivity index (χ1n) is 28.5. The van der Waals surface area contributed by atoms with E-state index in [1.165, 1.54) is 0 Å². The summed E-state index contributed by atoms with van der Waals surface area (Å²) in [5.41, 5.74) is -0.998. The molecule has 0 aliphatic carbocycles. The van der Waals surface area contributed by atoms with Crippen LogP contribution >= 0.6 is 0 Å². The van der Waals surface area contributed by atoms with Crippen molar-refractivity contribution in [3.63, 3.8) is 0 Å². The first kappa shape index (κ1) is 50.8. The van der Waals surface area contributed by atoms with E-state index < -0.39 is 66.3 Å². The van der Waals surface area contributed by atoms with Gasteiger partial charge in [-0.3, -0.25) is 0 Å². The summed E-state index contributed by atoms with van der Waals surface area (Å²) in [7, 11) is 0. The van der Waals surface area contributed by atoms with Gasteiger partial charge in [0.05, 0.1) is 117 Å². The van der Waals surface area contributed by atoms with E-state index in [0.717, 1.165) is 25.7 Å². The van der Waals surface area contributed by atoms with Crippen molar-refractivity contribution in [3.05, 3.63) is 48.6 Å². The first-order valence-corrected chi connectivity index (χ1v) is 28.5. The Morgan fingerprint density at radius 2 is 1.08 bits per heavy atom. The van der Waals surface area contributed by atoms with Crippen molar-refractivity contribution in [1.29, 1.82) is 0 Å². The van der Waals surface area contributed by atoms with Gasteiger partial charge < -0.3 is 76.9 Å². The third-order valence-electron chi connectivity index (χ3n) is 20.0. The predicted octanol–water partition coefficient (Wildman–Crippen LogP) is 5.11. The van der Waals surface area contributed by atoms with Crippen LogP contribution in [-0.2, 0) is 61.6 Å². The fourth-order valence-electron chi connectivity index (χ4n) is 15.6. The fourth-order valence-corrected chi connectivity index (χ4v) is 15.6. The molecule has 0 unspecified atom stereocenters. The zero-order valence-electron chi connectivity index (χ0n) is 43.3. The van der Waals surface area contributed by atoms with E-state index >= 15 is 0 Å². The molecular weight excluding hydrogens is 941 g/mol. The van der Waals surface area contributed by atoms with Gasteiger partial charge in [-0.15, -0.1) is 0 Å². The van der Waals surface area contributed by atoms with Crippen LogP contribution in [0.4, 0.5) is 0 Å². The van der Waals surface area contributed by atoms with Gasteiger partial charge in [-0.05, 0) is 63.7 Å². The smallest absolute Gasteiger partial charge is 0.171 e. The lowest BCUT2D eigenvalue weighted by Crippen LogP contribution is -2.63. The highest BCUT2D eigenvalue weighted by Crippen LogP contribution is 2.52. The van der Waals surface area contributed by atoms with Crippen LogP contribution in [0.3, 0.4) is 0 Å². The largest absolute Gasteiger partial charge is 0.390 e. The van der Waals surface area contributed by atoms with E-state index in [-0.39, 0.29) is 115 Å². The summed E-state index contributed by atoms with van der Waals surface area (Å²) in [5, 5.41) is 35.9. The van der Waals surface area contributed by atoms with Crippen LogP contribution in [0.1, 0.15) is 112 Å². The molecule has 0 aromatic heterocycles. The average molecular weight is 1020 g/mol. The van der Waals surface area contributed by atoms with Crippen LogP contribution in [0, 0.1) is 23.7 Å². The van der Waals surface area contributed by atoms with Crippen molar-refractivity contribution in [3.8, 4) is 0 Å². The van der Waals surface area contributed by atoms with E-state index in [0.29, 0.717) is 64.6 Å². The van der Waals surface area contributed by atoms with Crippen LogP contribution in [0.25, 0.3) is 0 Å². The molecule has 0 saturated carbocycles. The molecule has 0 aromatic rings. The summed E-state index contributed by atoms with van der Waals surface area (Å²) in [5.74, 6) is -0.458. The lowest BCUT2D eigenvalue weighted by molar-refractivity contribution is -0.339. The third kappa shape index (κ3) is 9.16. The number of hydrogen-bond acceptors (Lipinski definition) is 16. The molecule has 1 spiro atoms. The number of aliphatic hydroxyl groups is 3. The minimum Gasteiger partial charge on any atom is -0.390 e. The fraction of sp³-hybridized carbons (Fsp3) is 0.860. The van der Waals surface area contributed by atoms with E-state index in [9.17, 15) is 15.3 Å². The normalized spacial score (nSPS) is 58.5. The first-order chi connectivity index (χ1) is 35.3. The predicted molar refractivity (Wildman–Crippen MR) is 261 cm³/mol. The van der Waals surface area contributed by atoms with E-state index in [2.05, 4.69) is 64.2 Å². The average Bonchev–Trinajstić information content (AvgIpc) is 3.55. The minimum absolute atomic E-state index is 0.103. The van der Waals surface area contributed by atoms with E-state index in [1.807, 2.05) is 19.1 Å². The van der Waals surface area contributed by atoms with Crippen molar-refractivity contribution in [2.75, 3.05) is 13.2 Å². The maximum Gasteiger partial charge on any atom is 0.171 e. The molecule has 9 fully saturated rings. The van der Waals surface area contributed by atoms with Gasteiger partial charge in [-0.25, -0.2) is 0 Å². The number of hydrogen-bond donors (Lipinski definition) is 3. The van der Waals surface area contributed by atoms with Crippen LogP contribution < -0.4 is 0 Å². The van der Waals surface area contributed by atoms with Crippen LogP contribution in [0.2, 0.25) is 0 Å². The highest BCUT2D eigenvalue weighted by Gasteiger charge is 2.62. The number of aliphatic hydroxyl groups excluding tert-OH is 3. The molecule has 13 rings (SSSR count). The molecule has 16 nitrogen and oxygen atoms in total. The van der Waals surface area contributed by atoms with E-state index in [1.54, 1.807) is 0 Å². The summed E-state index contributed by atoms with van der Waals surface area (Å²) in [4.78, 5) is 0. The molecule has 3 N–H and O–H groups in total. The van der Waals surface area contributed by atoms with Crippen molar-refractivity contribution in [2.24, 2.45) is 23.7 Å². The molecule has 0 aromatic carbocycles. The summed E-state index contributed by atoms with van der Waals surface area (Å²) in [6.45, 7) is 11.9. The standard InChI is InChI=1S/C57H82O16/c1-28-22-39-41(25-45-51(70-39)30(3)49(59)55-52(71-45)29(2)31(4)57(73-55)19-11-21-62-57)67-43-27-48-56(5,72-44(43)23-28)47(58)26-42-35(68-48)13-7-6-12-32-33(65-42)15-10-16-34-36(63-32)17-18-37-40(64-34)24-46-54(69-37)50(60)53-38(66-46)14-8-9-20-61-53/h6-10,15,17-18,28-55,58-60H,11-14,16,19-27H2,1-5H3/b7-6+,15-10-/t28-,29+,30+,31+,32-,33+,34-,35+,36+,37-,38+,39+,40+,41-,42-,43+,44-,45+,46-,47+,48-,49+,50-,51-,52-,53+,54-,55+,56+,57-/m1/s1. The molecule has 0 bridgehead atoms. The maximum absolute atomic E-state index is 12.4. The van der Waals surface area contributed by atoms with Crippen LogP contribution in [0.5, 0.6) is 0 Å². The van der Waals surface area contributed by atoms with Crippen molar-refractivity contribution >= 4 is 0 Å². The Labute approximate surface area is 430 Å². The van der Waals surface area contributed by atoms with Gasteiger partial charge in [0.2, 0.25) is 0 Å². The Balaban J connectivity index is 0.695. The van der Waals surface area contributed by atoms with Gasteiger partial charge >= 0.3 is 0 Å². The Hall–Kier alpha value is -1.68. The van der Waals surface area contributed by atoms with Crippen molar-refractivity contribution in [1.82, 2.24) is 0 Å². The quantitative estimate of drug-likeness (QED) is 0.273. The molecule has 16 heteroatoms. The molecule has 0 amide bonds. The van der Waals surface area contributed by atoms with Gasteiger partial charge in [0.1, 0.15) is 48.3 Å². The van der Waals surface area contributed by atoms with Gasteiger partial charge in [0.25, 0.3) is 0 Å². The molecule has 13 aliphatic rings. The van der Waals surface area contributed by atoms with Gasteiger partial charge in [0, 0.05) is 43.9 Å². The SMILES string of the molecule is C[C@@H]1C[C@@H]2O[C@@H]3[C@@H](C)[C@H](O)[C@@H]4O[C@]5(CCCO5)[C@@H](C)[C@H](C)[C@H]4O[C@H]3C[C@H]2O[C@H]2C[C@H]3O[C@H]4C/C=C/C[C@H]5O[C@H]6C=C[C@H]7O[C@H]8[C@H](O)[C@H]9OCC=CC[C@@H]9O[C@@H]8C[C@@H]7O[C@@H]6C/C=C\[C@@H]5O[C@@H]4C[C@H](O)[C@]3(C)O[C@@H]2C1. The topological polar surface area (TPSA) is 181 Å². The molecular formula is C57H82O16. The second kappa shape index (κ2) is 20.2. The third-order valence-corrected chi connectivity index (χ3v) is 20.0. The van der Waals surface area contributed by atoms with Crippen LogP contribution in [0.15, 0.2) is 48.6 Å². The Morgan fingerprint density at radius 3 is 1.92 bits per heavy atom. The number of fused-ring (bicyclic) bond motifs is 11.